The molecule has 2 unspecified atom stereocenters. The van der Waals surface area contributed by atoms with Gasteiger partial charge in [-0.05, 0) is 14.0 Å². The molecule has 0 aromatic rings. The van der Waals surface area contributed by atoms with E-state index >= 15 is 0 Å². The van der Waals surface area contributed by atoms with Crippen LogP contribution >= 0.6 is 0 Å². The van der Waals surface area contributed by atoms with Crippen LogP contribution in [0.1, 0.15) is 6.92 Å². The van der Waals surface area contributed by atoms with E-state index < -0.39 is 6.10 Å². The number of likely N-dealkylation sites (N-methyl/N-ethyl adjacent to an activating group) is 1. The average molecular weight is 205 g/mol. The molecule has 0 aliphatic rings. The highest BCUT2D eigenvalue weighted by atomic mass is 16.5. The van der Waals surface area contributed by atoms with Crippen LogP contribution in [0.15, 0.2) is 0 Å². The molecular formula is C9H19NO4. The van der Waals surface area contributed by atoms with E-state index in [0.29, 0.717) is 6.54 Å². The minimum atomic E-state index is -0.586. The number of hydrogen-bond acceptors (Lipinski definition) is 5. The molecule has 84 valence electrons. The zero-order valence-corrected chi connectivity index (χ0v) is 9.19. The first kappa shape index (κ1) is 13.4. The summed E-state index contributed by atoms with van der Waals surface area (Å²) < 4.78 is 9.36. The largest absolute Gasteiger partial charge is 0.468 e. The topological polar surface area (TPSA) is 59.0 Å². The van der Waals surface area contributed by atoms with Crippen LogP contribution in [0.3, 0.4) is 0 Å². The first-order valence-electron chi connectivity index (χ1n) is 4.48. The lowest BCUT2D eigenvalue weighted by molar-refractivity contribution is -0.146. The summed E-state index contributed by atoms with van der Waals surface area (Å²) in [6.07, 6.45) is -0.586. The van der Waals surface area contributed by atoms with Crippen LogP contribution in [0.4, 0.5) is 0 Å². The van der Waals surface area contributed by atoms with Crippen molar-refractivity contribution in [1.29, 1.82) is 0 Å². The molecule has 0 fully saturated rings. The maximum absolute atomic E-state index is 11.1. The summed E-state index contributed by atoms with van der Waals surface area (Å²) >= 11 is 0. The summed E-state index contributed by atoms with van der Waals surface area (Å²) in [4.78, 5) is 12.8. The molecule has 1 N–H and O–H groups in total. The van der Waals surface area contributed by atoms with Gasteiger partial charge in [-0.2, -0.15) is 0 Å². The molecule has 0 aliphatic carbocycles. The van der Waals surface area contributed by atoms with Crippen LogP contribution in [0.2, 0.25) is 0 Å². The zero-order chi connectivity index (χ0) is 11.1. The summed E-state index contributed by atoms with van der Waals surface area (Å²) in [5.41, 5.74) is 0. The molecule has 5 nitrogen and oxygen atoms in total. The number of nitrogens with zero attached hydrogens (tertiary/aromatic N) is 1. The monoisotopic (exact) mass is 205 g/mol. The van der Waals surface area contributed by atoms with Crippen molar-refractivity contribution in [2.45, 2.75) is 19.1 Å². The molecule has 0 heterocycles. The van der Waals surface area contributed by atoms with Crippen LogP contribution in [0, 0.1) is 0 Å². The highest BCUT2D eigenvalue weighted by molar-refractivity contribution is 5.75. The van der Waals surface area contributed by atoms with E-state index in [-0.39, 0.29) is 18.6 Å². The van der Waals surface area contributed by atoms with Gasteiger partial charge in [0.15, 0.2) is 0 Å². The van der Waals surface area contributed by atoms with Crippen LogP contribution < -0.4 is 0 Å². The van der Waals surface area contributed by atoms with Crippen molar-refractivity contribution in [2.24, 2.45) is 0 Å². The number of esters is 1. The molecule has 14 heavy (non-hydrogen) atoms. The van der Waals surface area contributed by atoms with E-state index in [4.69, 9.17) is 4.74 Å². The van der Waals surface area contributed by atoms with E-state index in [1.165, 1.54) is 14.2 Å². The molecule has 0 saturated heterocycles. The minimum Gasteiger partial charge on any atom is -0.468 e. The maximum atomic E-state index is 11.1. The van der Waals surface area contributed by atoms with Crippen molar-refractivity contribution >= 4 is 5.97 Å². The number of aliphatic hydroxyl groups is 1. The van der Waals surface area contributed by atoms with Crippen molar-refractivity contribution in [2.75, 3.05) is 34.4 Å². The van der Waals surface area contributed by atoms with Gasteiger partial charge in [0, 0.05) is 13.7 Å². The Morgan fingerprint density at radius 3 is 2.50 bits per heavy atom. The molecule has 0 aromatic carbocycles. The van der Waals surface area contributed by atoms with Crippen LogP contribution in [-0.2, 0) is 14.3 Å². The number of hydrogen-bond donors (Lipinski definition) is 1. The first-order chi connectivity index (χ1) is 6.52. The Morgan fingerprint density at radius 1 is 1.50 bits per heavy atom. The van der Waals surface area contributed by atoms with Crippen LogP contribution in [-0.4, -0.2) is 62.5 Å². The molecule has 2 atom stereocenters. The zero-order valence-electron chi connectivity index (χ0n) is 9.19. The van der Waals surface area contributed by atoms with Gasteiger partial charge >= 0.3 is 5.97 Å². The van der Waals surface area contributed by atoms with Gasteiger partial charge in [-0.3, -0.25) is 9.69 Å². The Hall–Kier alpha value is -0.650. The molecule has 0 aliphatic heterocycles. The SMILES string of the molecule is COCC(O)CN(C)C(C)C(=O)OC. The van der Waals surface area contributed by atoms with Crippen LogP contribution in [0.5, 0.6) is 0 Å². The molecule has 0 radical (unpaired) electrons. The van der Waals surface area contributed by atoms with Gasteiger partial charge in [-0.15, -0.1) is 0 Å². The van der Waals surface area contributed by atoms with Crippen molar-refractivity contribution in [1.82, 2.24) is 4.90 Å². The Bertz CT molecular complexity index is 174. The standard InChI is InChI=1S/C9H19NO4/c1-7(9(12)14-4)10(2)5-8(11)6-13-3/h7-8,11H,5-6H2,1-4H3. The maximum Gasteiger partial charge on any atom is 0.322 e. The number of ether oxygens (including phenoxy) is 2. The second kappa shape index (κ2) is 6.75. The number of methoxy groups -OCH3 is 2. The molecule has 0 bridgehead atoms. The Kier molecular flexibility index (Phi) is 6.44. The molecule has 0 saturated carbocycles. The number of carbonyl (C=O) groups excluding carboxylic acids is 1. The van der Waals surface area contributed by atoms with Gasteiger partial charge in [0.05, 0.1) is 19.8 Å². The molecule has 0 amide bonds. The fourth-order valence-electron chi connectivity index (χ4n) is 1.09. The lowest BCUT2D eigenvalue weighted by Gasteiger charge is -2.24. The summed E-state index contributed by atoms with van der Waals surface area (Å²) in [5.74, 6) is -0.308. The third-order valence-corrected chi connectivity index (χ3v) is 2.06. The Balaban J connectivity index is 3.93. The van der Waals surface area contributed by atoms with E-state index in [1.54, 1.807) is 18.9 Å². The first-order valence-corrected chi connectivity index (χ1v) is 4.48. The average Bonchev–Trinajstić information content (AvgIpc) is 2.15. The summed E-state index contributed by atoms with van der Waals surface area (Å²) in [6.45, 7) is 2.37. The van der Waals surface area contributed by atoms with Crippen molar-refractivity contribution in [3.63, 3.8) is 0 Å². The van der Waals surface area contributed by atoms with Gasteiger partial charge in [0.25, 0.3) is 0 Å². The molecule has 0 aromatic heterocycles. The summed E-state index contributed by atoms with van der Waals surface area (Å²) in [6, 6.07) is -0.355. The smallest absolute Gasteiger partial charge is 0.322 e. The van der Waals surface area contributed by atoms with Gasteiger partial charge in [-0.1, -0.05) is 0 Å². The van der Waals surface area contributed by atoms with Crippen molar-refractivity contribution < 1.29 is 19.4 Å². The van der Waals surface area contributed by atoms with E-state index in [1.807, 2.05) is 0 Å². The van der Waals surface area contributed by atoms with Gasteiger partial charge in [0.1, 0.15) is 6.04 Å². The summed E-state index contributed by atoms with van der Waals surface area (Å²) in [5, 5.41) is 9.40. The Morgan fingerprint density at radius 2 is 2.07 bits per heavy atom. The van der Waals surface area contributed by atoms with Crippen LogP contribution in [0.25, 0.3) is 0 Å². The highest BCUT2D eigenvalue weighted by Crippen LogP contribution is 1.99. The quantitative estimate of drug-likeness (QED) is 0.592. The van der Waals surface area contributed by atoms with Crippen molar-refractivity contribution in [3.05, 3.63) is 0 Å². The van der Waals surface area contributed by atoms with E-state index in [0.717, 1.165) is 0 Å². The lowest BCUT2D eigenvalue weighted by Crippen LogP contribution is -2.42. The summed E-state index contributed by atoms with van der Waals surface area (Å²) in [7, 11) is 4.62. The number of rotatable bonds is 6. The molecule has 0 spiro atoms. The van der Waals surface area contributed by atoms with Gasteiger partial charge in [-0.25, -0.2) is 0 Å². The van der Waals surface area contributed by atoms with E-state index in [9.17, 15) is 9.90 Å². The van der Waals surface area contributed by atoms with E-state index in [2.05, 4.69) is 4.74 Å². The predicted octanol–water partition coefficient (Wildman–Crippen LogP) is -0.513. The number of aliphatic hydroxyl groups excluding tert-OH is 1. The molecule has 0 rings (SSSR count). The van der Waals surface area contributed by atoms with Crippen molar-refractivity contribution in [3.8, 4) is 0 Å². The Labute approximate surface area is 84.6 Å². The third kappa shape index (κ3) is 4.55. The molecular weight excluding hydrogens is 186 g/mol. The minimum absolute atomic E-state index is 0.262. The second-order valence-electron chi connectivity index (χ2n) is 3.25. The third-order valence-electron chi connectivity index (χ3n) is 2.06. The second-order valence-corrected chi connectivity index (χ2v) is 3.25. The normalized spacial score (nSPS) is 15.3. The lowest BCUT2D eigenvalue weighted by atomic mass is 10.2. The van der Waals surface area contributed by atoms with Gasteiger partial charge < -0.3 is 14.6 Å². The number of carbonyl (C=O) groups is 1. The fraction of sp³-hybridized carbons (Fsp3) is 0.889. The highest BCUT2D eigenvalue weighted by Gasteiger charge is 2.20. The molecule has 5 heteroatoms. The predicted molar refractivity (Wildman–Crippen MR) is 52.0 cm³/mol. The fourth-order valence-corrected chi connectivity index (χ4v) is 1.09. The van der Waals surface area contributed by atoms with Gasteiger partial charge in [0.2, 0.25) is 0 Å².